The van der Waals surface area contributed by atoms with Gasteiger partial charge in [-0.1, -0.05) is 56.5 Å². The maximum absolute atomic E-state index is 12.1. The minimum absolute atomic E-state index is 0.0694. The average Bonchev–Trinajstić information content (AvgIpc) is 2.64. The van der Waals surface area contributed by atoms with Crippen LogP contribution in [-0.4, -0.2) is 10.9 Å². The van der Waals surface area contributed by atoms with E-state index in [0.29, 0.717) is 0 Å². The Morgan fingerprint density at radius 1 is 1.21 bits per heavy atom. The first kappa shape index (κ1) is 14.0. The summed E-state index contributed by atoms with van der Waals surface area (Å²) in [4.78, 5) is 12.1. The van der Waals surface area contributed by atoms with Crippen LogP contribution in [-0.2, 0) is 10.4 Å². The number of benzene rings is 1. The van der Waals surface area contributed by atoms with E-state index in [1.54, 1.807) is 6.08 Å². The molecule has 0 aromatic heterocycles. The number of aliphatic hydroxyl groups is 1. The van der Waals surface area contributed by atoms with Crippen molar-refractivity contribution in [2.45, 2.75) is 45.1 Å². The molecule has 0 aliphatic heterocycles. The van der Waals surface area contributed by atoms with Crippen LogP contribution in [0.5, 0.6) is 0 Å². The SMILES string of the molecule is CCCCC[C@H]1C(=O)C=C(C)[C@@]1(O)c1ccccc1. The van der Waals surface area contributed by atoms with Crippen LogP contribution in [0.1, 0.15) is 45.1 Å². The smallest absolute Gasteiger partial charge is 0.162 e. The van der Waals surface area contributed by atoms with Gasteiger partial charge in [-0.05, 0) is 30.6 Å². The van der Waals surface area contributed by atoms with Gasteiger partial charge >= 0.3 is 0 Å². The quantitative estimate of drug-likeness (QED) is 0.819. The van der Waals surface area contributed by atoms with E-state index in [9.17, 15) is 9.90 Å². The number of carbonyl (C=O) groups excluding carboxylic acids is 1. The summed E-state index contributed by atoms with van der Waals surface area (Å²) in [7, 11) is 0. The van der Waals surface area contributed by atoms with Crippen molar-refractivity contribution in [1.29, 1.82) is 0 Å². The summed E-state index contributed by atoms with van der Waals surface area (Å²) in [5.41, 5.74) is 0.493. The standard InChI is InChI=1S/C17H22O2/c1-3-4-6-11-15-16(18)12-13(2)17(15,19)14-9-7-5-8-10-14/h5,7-10,12,15,19H,3-4,6,11H2,1-2H3/t15-,17+/m0/s1. The van der Waals surface area contributed by atoms with Crippen LogP contribution in [0.15, 0.2) is 42.0 Å². The second-order valence-electron chi connectivity index (χ2n) is 5.41. The monoisotopic (exact) mass is 258 g/mol. The zero-order chi connectivity index (χ0) is 13.9. The molecule has 0 heterocycles. The molecule has 102 valence electrons. The number of allylic oxidation sites excluding steroid dienone is 1. The predicted molar refractivity (Wildman–Crippen MR) is 76.7 cm³/mol. The van der Waals surface area contributed by atoms with Gasteiger partial charge in [-0.3, -0.25) is 4.79 Å². The molecule has 1 aromatic carbocycles. The largest absolute Gasteiger partial charge is 0.380 e. The Kier molecular flexibility index (Phi) is 4.20. The van der Waals surface area contributed by atoms with Crippen LogP contribution in [0.25, 0.3) is 0 Å². The molecule has 0 saturated carbocycles. The topological polar surface area (TPSA) is 37.3 Å². The summed E-state index contributed by atoms with van der Waals surface area (Å²) in [6, 6.07) is 9.55. The van der Waals surface area contributed by atoms with Gasteiger partial charge in [0, 0.05) is 0 Å². The Bertz CT molecular complexity index is 475. The molecule has 2 rings (SSSR count). The van der Waals surface area contributed by atoms with Gasteiger partial charge in [0.15, 0.2) is 5.78 Å². The third kappa shape index (κ3) is 2.50. The molecule has 0 fully saturated rings. The van der Waals surface area contributed by atoms with E-state index in [4.69, 9.17) is 0 Å². The highest BCUT2D eigenvalue weighted by molar-refractivity contribution is 5.97. The Labute approximate surface area is 115 Å². The summed E-state index contributed by atoms with van der Waals surface area (Å²) in [5, 5.41) is 11.1. The van der Waals surface area contributed by atoms with Crippen molar-refractivity contribution in [3.8, 4) is 0 Å². The van der Waals surface area contributed by atoms with E-state index in [-0.39, 0.29) is 11.7 Å². The van der Waals surface area contributed by atoms with Crippen LogP contribution in [0.3, 0.4) is 0 Å². The Balaban J connectivity index is 2.29. The summed E-state index contributed by atoms with van der Waals surface area (Å²) in [6.45, 7) is 3.99. The van der Waals surface area contributed by atoms with E-state index in [0.717, 1.165) is 36.8 Å². The van der Waals surface area contributed by atoms with Gasteiger partial charge in [0.25, 0.3) is 0 Å². The van der Waals surface area contributed by atoms with Gasteiger partial charge in [0.1, 0.15) is 5.60 Å². The molecule has 0 unspecified atom stereocenters. The third-order valence-corrected chi connectivity index (χ3v) is 4.12. The fourth-order valence-electron chi connectivity index (χ4n) is 2.98. The Morgan fingerprint density at radius 3 is 2.53 bits per heavy atom. The van der Waals surface area contributed by atoms with Crippen molar-refractivity contribution in [1.82, 2.24) is 0 Å². The Morgan fingerprint density at radius 2 is 1.89 bits per heavy atom. The molecule has 1 aliphatic carbocycles. The van der Waals surface area contributed by atoms with E-state index in [1.807, 2.05) is 37.3 Å². The highest BCUT2D eigenvalue weighted by atomic mass is 16.3. The summed E-state index contributed by atoms with van der Waals surface area (Å²) < 4.78 is 0. The zero-order valence-electron chi connectivity index (χ0n) is 11.7. The molecule has 0 amide bonds. The van der Waals surface area contributed by atoms with Gasteiger partial charge in [-0.25, -0.2) is 0 Å². The highest BCUT2D eigenvalue weighted by Crippen LogP contribution is 2.44. The molecule has 1 aliphatic rings. The molecule has 0 bridgehead atoms. The van der Waals surface area contributed by atoms with E-state index in [1.165, 1.54) is 0 Å². The second-order valence-corrected chi connectivity index (χ2v) is 5.41. The number of carbonyl (C=O) groups is 1. The fourth-order valence-corrected chi connectivity index (χ4v) is 2.98. The van der Waals surface area contributed by atoms with Gasteiger partial charge in [0.2, 0.25) is 0 Å². The van der Waals surface area contributed by atoms with Gasteiger partial charge in [-0.15, -0.1) is 0 Å². The molecule has 2 atom stereocenters. The van der Waals surface area contributed by atoms with Crippen molar-refractivity contribution in [2.75, 3.05) is 0 Å². The summed E-state index contributed by atoms with van der Waals surface area (Å²) in [5.74, 6) is -0.249. The number of hydrogen-bond acceptors (Lipinski definition) is 2. The molecule has 1 N–H and O–H groups in total. The molecule has 1 aromatic rings. The van der Waals surface area contributed by atoms with Crippen LogP contribution in [0, 0.1) is 5.92 Å². The van der Waals surface area contributed by atoms with Crippen molar-refractivity contribution >= 4 is 5.78 Å². The minimum Gasteiger partial charge on any atom is -0.380 e. The molecule has 2 nitrogen and oxygen atoms in total. The molecule has 2 heteroatoms. The number of ketones is 1. The van der Waals surface area contributed by atoms with E-state index in [2.05, 4.69) is 6.92 Å². The van der Waals surface area contributed by atoms with Crippen molar-refractivity contribution in [3.63, 3.8) is 0 Å². The zero-order valence-corrected chi connectivity index (χ0v) is 11.7. The average molecular weight is 258 g/mol. The van der Waals surface area contributed by atoms with Crippen LogP contribution >= 0.6 is 0 Å². The molecule has 0 radical (unpaired) electrons. The lowest BCUT2D eigenvalue weighted by Gasteiger charge is -2.32. The number of rotatable bonds is 5. The van der Waals surface area contributed by atoms with Gasteiger partial charge in [0.05, 0.1) is 5.92 Å². The first-order valence-corrected chi connectivity index (χ1v) is 7.11. The molecule has 0 spiro atoms. The second kappa shape index (κ2) is 5.70. The number of hydrogen-bond donors (Lipinski definition) is 1. The predicted octanol–water partition coefficient (Wildman–Crippen LogP) is 3.60. The first-order valence-electron chi connectivity index (χ1n) is 7.11. The van der Waals surface area contributed by atoms with E-state index >= 15 is 0 Å². The minimum atomic E-state index is -1.11. The maximum Gasteiger partial charge on any atom is 0.162 e. The van der Waals surface area contributed by atoms with Crippen molar-refractivity contribution < 1.29 is 9.90 Å². The maximum atomic E-state index is 12.1. The van der Waals surface area contributed by atoms with Crippen LogP contribution in [0.2, 0.25) is 0 Å². The molecule has 19 heavy (non-hydrogen) atoms. The summed E-state index contributed by atoms with van der Waals surface area (Å²) >= 11 is 0. The van der Waals surface area contributed by atoms with Gasteiger partial charge in [-0.2, -0.15) is 0 Å². The van der Waals surface area contributed by atoms with Gasteiger partial charge < -0.3 is 5.11 Å². The molecule has 0 saturated heterocycles. The normalized spacial score (nSPS) is 26.6. The molecular formula is C17H22O2. The fraction of sp³-hybridized carbons (Fsp3) is 0.471. The first-order chi connectivity index (χ1) is 9.10. The number of unbranched alkanes of at least 4 members (excludes halogenated alkanes) is 2. The lowest BCUT2D eigenvalue weighted by Crippen LogP contribution is -2.35. The third-order valence-electron chi connectivity index (χ3n) is 4.12. The highest BCUT2D eigenvalue weighted by Gasteiger charge is 2.47. The summed E-state index contributed by atoms with van der Waals surface area (Å²) in [6.07, 6.45) is 5.59. The van der Waals surface area contributed by atoms with Crippen molar-refractivity contribution in [2.24, 2.45) is 5.92 Å². The molecular weight excluding hydrogens is 236 g/mol. The lowest BCUT2D eigenvalue weighted by atomic mass is 9.77. The lowest BCUT2D eigenvalue weighted by molar-refractivity contribution is -0.123. The van der Waals surface area contributed by atoms with Crippen LogP contribution < -0.4 is 0 Å². The van der Waals surface area contributed by atoms with E-state index < -0.39 is 5.60 Å². The Hall–Kier alpha value is -1.41. The van der Waals surface area contributed by atoms with Crippen LogP contribution in [0.4, 0.5) is 0 Å². The van der Waals surface area contributed by atoms with Crippen molar-refractivity contribution in [3.05, 3.63) is 47.5 Å².